The number of carboxylic acid groups (broad SMARTS) is 1. The highest BCUT2D eigenvalue weighted by molar-refractivity contribution is 5.84. The van der Waals surface area contributed by atoms with Crippen LogP contribution in [0.25, 0.3) is 0 Å². The molecule has 4 heteroatoms. The van der Waals surface area contributed by atoms with Gasteiger partial charge in [0.15, 0.2) is 0 Å². The van der Waals surface area contributed by atoms with Crippen LogP contribution in [0.2, 0.25) is 0 Å². The maximum atomic E-state index is 12.4. The first kappa shape index (κ1) is 15.3. The van der Waals surface area contributed by atoms with E-state index in [9.17, 15) is 14.7 Å². The number of carbonyl (C=O) groups excluding carboxylic acids is 1. The van der Waals surface area contributed by atoms with Gasteiger partial charge in [0.1, 0.15) is 6.04 Å². The second-order valence-electron chi connectivity index (χ2n) is 7.25. The Bertz CT molecular complexity index is 368. The lowest BCUT2D eigenvalue weighted by atomic mass is 9.72. The summed E-state index contributed by atoms with van der Waals surface area (Å²) in [6.45, 7) is 5.19. The zero-order valence-electron chi connectivity index (χ0n) is 12.7. The smallest absolute Gasteiger partial charge is 0.326 e. The molecule has 0 aromatic rings. The Morgan fingerprint density at radius 2 is 1.80 bits per heavy atom. The van der Waals surface area contributed by atoms with E-state index in [2.05, 4.69) is 13.8 Å². The number of carboxylic acids is 1. The third-order valence-corrected chi connectivity index (χ3v) is 5.03. The molecule has 0 aromatic heterocycles. The Hall–Kier alpha value is -1.06. The van der Waals surface area contributed by atoms with E-state index in [1.165, 1.54) is 12.8 Å². The summed E-state index contributed by atoms with van der Waals surface area (Å²) in [4.78, 5) is 25.3. The van der Waals surface area contributed by atoms with Gasteiger partial charge in [-0.3, -0.25) is 4.79 Å². The van der Waals surface area contributed by atoms with Gasteiger partial charge in [-0.15, -0.1) is 0 Å². The monoisotopic (exact) mass is 281 g/mol. The van der Waals surface area contributed by atoms with Crippen molar-refractivity contribution in [3.05, 3.63) is 0 Å². The highest BCUT2D eigenvalue weighted by atomic mass is 16.4. The van der Waals surface area contributed by atoms with Gasteiger partial charge in [-0.05, 0) is 56.3 Å². The summed E-state index contributed by atoms with van der Waals surface area (Å²) in [6, 6.07) is -0.587. The number of rotatable bonds is 3. The maximum Gasteiger partial charge on any atom is 0.326 e. The number of hydrogen-bond donors (Lipinski definition) is 1. The van der Waals surface area contributed by atoms with Crippen LogP contribution in [-0.2, 0) is 9.59 Å². The quantitative estimate of drug-likeness (QED) is 0.865. The molecule has 1 aliphatic heterocycles. The molecule has 1 saturated heterocycles. The molecule has 1 aliphatic carbocycles. The molecule has 2 aliphatic rings. The molecule has 1 heterocycles. The first-order valence-electron chi connectivity index (χ1n) is 7.91. The number of nitrogens with zero attached hydrogens (tertiary/aromatic N) is 1. The number of likely N-dealkylation sites (tertiary alicyclic amines) is 1. The molecule has 1 amide bonds. The SMILES string of the molecule is CC1(C)CCC(CC(=O)N2CCCCC2C(=O)O)CC1. The lowest BCUT2D eigenvalue weighted by molar-refractivity contribution is -0.152. The third kappa shape index (κ3) is 3.74. The number of piperidine rings is 1. The average Bonchev–Trinajstić information content (AvgIpc) is 2.41. The van der Waals surface area contributed by atoms with Gasteiger partial charge < -0.3 is 10.0 Å². The molecule has 2 rings (SSSR count). The second kappa shape index (κ2) is 6.15. The predicted octanol–water partition coefficient (Wildman–Crippen LogP) is 3.06. The van der Waals surface area contributed by atoms with Gasteiger partial charge in [0, 0.05) is 13.0 Å². The molecule has 2 fully saturated rings. The topological polar surface area (TPSA) is 57.6 Å². The fraction of sp³-hybridized carbons (Fsp3) is 0.875. The number of amides is 1. The van der Waals surface area contributed by atoms with Crippen molar-refractivity contribution in [2.45, 2.75) is 71.3 Å². The summed E-state index contributed by atoms with van der Waals surface area (Å²) >= 11 is 0. The lowest BCUT2D eigenvalue weighted by Crippen LogP contribution is -2.48. The van der Waals surface area contributed by atoms with Crippen molar-refractivity contribution >= 4 is 11.9 Å². The molecule has 1 unspecified atom stereocenters. The number of carbonyl (C=O) groups is 2. The van der Waals surface area contributed by atoms with E-state index in [4.69, 9.17) is 0 Å². The van der Waals surface area contributed by atoms with Crippen LogP contribution in [0.3, 0.4) is 0 Å². The van der Waals surface area contributed by atoms with E-state index in [-0.39, 0.29) is 5.91 Å². The van der Waals surface area contributed by atoms with Crippen molar-refractivity contribution in [3.63, 3.8) is 0 Å². The molecule has 114 valence electrons. The molecule has 0 radical (unpaired) electrons. The van der Waals surface area contributed by atoms with Gasteiger partial charge in [-0.2, -0.15) is 0 Å². The Kier molecular flexibility index (Phi) is 4.71. The molecular weight excluding hydrogens is 254 g/mol. The largest absolute Gasteiger partial charge is 0.480 e. The first-order chi connectivity index (χ1) is 9.39. The van der Waals surface area contributed by atoms with Crippen LogP contribution >= 0.6 is 0 Å². The summed E-state index contributed by atoms with van der Waals surface area (Å²) in [5, 5.41) is 9.24. The zero-order chi connectivity index (χ0) is 14.8. The Morgan fingerprint density at radius 1 is 1.15 bits per heavy atom. The Labute approximate surface area is 121 Å². The van der Waals surface area contributed by atoms with Crippen LogP contribution in [-0.4, -0.2) is 34.5 Å². The van der Waals surface area contributed by atoms with E-state index in [0.29, 0.717) is 30.7 Å². The highest BCUT2D eigenvalue weighted by Crippen LogP contribution is 2.39. The van der Waals surface area contributed by atoms with Gasteiger partial charge in [0.25, 0.3) is 0 Å². The highest BCUT2D eigenvalue weighted by Gasteiger charge is 2.34. The van der Waals surface area contributed by atoms with Crippen LogP contribution in [0.5, 0.6) is 0 Å². The van der Waals surface area contributed by atoms with E-state index < -0.39 is 12.0 Å². The summed E-state index contributed by atoms with van der Waals surface area (Å²) in [5.74, 6) is -0.337. The lowest BCUT2D eigenvalue weighted by Gasteiger charge is -2.37. The molecule has 4 nitrogen and oxygen atoms in total. The van der Waals surface area contributed by atoms with E-state index in [1.54, 1.807) is 4.90 Å². The molecule has 0 bridgehead atoms. The molecule has 20 heavy (non-hydrogen) atoms. The van der Waals surface area contributed by atoms with Crippen LogP contribution in [0.4, 0.5) is 0 Å². The minimum absolute atomic E-state index is 0.0572. The average molecular weight is 281 g/mol. The van der Waals surface area contributed by atoms with E-state index in [1.807, 2.05) is 0 Å². The zero-order valence-corrected chi connectivity index (χ0v) is 12.7. The minimum atomic E-state index is -0.845. The molecule has 1 atom stereocenters. The van der Waals surface area contributed by atoms with Gasteiger partial charge in [0.2, 0.25) is 5.91 Å². The maximum absolute atomic E-state index is 12.4. The summed E-state index contributed by atoms with van der Waals surface area (Å²) in [5.41, 5.74) is 0.411. The van der Waals surface area contributed by atoms with Crippen molar-refractivity contribution in [2.24, 2.45) is 11.3 Å². The van der Waals surface area contributed by atoms with Crippen LogP contribution < -0.4 is 0 Å². The molecule has 1 saturated carbocycles. The molecule has 0 spiro atoms. The number of hydrogen-bond acceptors (Lipinski definition) is 2. The Morgan fingerprint density at radius 3 is 2.40 bits per heavy atom. The fourth-order valence-corrected chi connectivity index (χ4v) is 3.51. The van der Waals surface area contributed by atoms with Crippen molar-refractivity contribution in [3.8, 4) is 0 Å². The summed E-state index contributed by atoms with van der Waals surface area (Å²) in [6.07, 6.45) is 7.56. The third-order valence-electron chi connectivity index (χ3n) is 5.03. The van der Waals surface area contributed by atoms with Crippen molar-refractivity contribution in [1.82, 2.24) is 4.90 Å². The standard InChI is InChI=1S/C16H27NO3/c1-16(2)8-6-12(7-9-16)11-14(18)17-10-4-3-5-13(17)15(19)20/h12-13H,3-11H2,1-2H3,(H,19,20). The molecular formula is C16H27NO3. The predicted molar refractivity (Wildman–Crippen MR) is 77.3 cm³/mol. The second-order valence-corrected chi connectivity index (χ2v) is 7.25. The van der Waals surface area contributed by atoms with Gasteiger partial charge in [-0.25, -0.2) is 4.79 Å². The number of aliphatic carboxylic acids is 1. The summed E-state index contributed by atoms with van der Waals surface area (Å²) < 4.78 is 0. The first-order valence-corrected chi connectivity index (χ1v) is 7.91. The minimum Gasteiger partial charge on any atom is -0.480 e. The van der Waals surface area contributed by atoms with Gasteiger partial charge in [0.05, 0.1) is 0 Å². The summed E-state index contributed by atoms with van der Waals surface area (Å²) in [7, 11) is 0. The van der Waals surface area contributed by atoms with Crippen LogP contribution in [0.15, 0.2) is 0 Å². The van der Waals surface area contributed by atoms with Crippen molar-refractivity contribution in [2.75, 3.05) is 6.54 Å². The van der Waals surface area contributed by atoms with Gasteiger partial charge in [-0.1, -0.05) is 13.8 Å². The van der Waals surface area contributed by atoms with Crippen LogP contribution in [0, 0.1) is 11.3 Å². The Balaban J connectivity index is 1.89. The molecule has 1 N–H and O–H groups in total. The van der Waals surface area contributed by atoms with Crippen molar-refractivity contribution < 1.29 is 14.7 Å². The van der Waals surface area contributed by atoms with E-state index >= 15 is 0 Å². The van der Waals surface area contributed by atoms with E-state index in [0.717, 1.165) is 25.7 Å². The van der Waals surface area contributed by atoms with Crippen molar-refractivity contribution in [1.29, 1.82) is 0 Å². The fourth-order valence-electron chi connectivity index (χ4n) is 3.51. The van der Waals surface area contributed by atoms with Crippen LogP contribution in [0.1, 0.15) is 65.2 Å². The van der Waals surface area contributed by atoms with Gasteiger partial charge >= 0.3 is 5.97 Å². The molecule has 0 aromatic carbocycles. The normalized spacial score (nSPS) is 27.3.